The van der Waals surface area contributed by atoms with Gasteiger partial charge in [-0.3, -0.25) is 4.79 Å². The van der Waals surface area contributed by atoms with E-state index in [0.717, 1.165) is 5.56 Å². The molecule has 3 rings (SSSR count). The van der Waals surface area contributed by atoms with Crippen LogP contribution in [0.5, 0.6) is 11.5 Å². The monoisotopic (exact) mass is 462 g/mol. The number of nitrogens with zero attached hydrogens (tertiary/aromatic N) is 2. The minimum Gasteiger partial charge on any atom is -0.485 e. The van der Waals surface area contributed by atoms with E-state index in [-0.39, 0.29) is 28.9 Å². The molecule has 1 aliphatic heterocycles. The number of esters is 1. The summed E-state index contributed by atoms with van der Waals surface area (Å²) in [6.07, 6.45) is 4.77. The molecule has 0 bridgehead atoms. The molecule has 0 spiro atoms. The molecule has 30 heavy (non-hydrogen) atoms. The molecule has 0 radical (unpaired) electrons. The molecule has 1 aliphatic rings. The third kappa shape index (κ3) is 5.59. The normalized spacial score (nSPS) is 16.0. The smallest absolute Gasteiger partial charge is 0.311 e. The van der Waals surface area contributed by atoms with Crippen molar-refractivity contribution in [3.05, 3.63) is 77.9 Å². The molecule has 0 fully saturated rings. The maximum atomic E-state index is 12.0. The van der Waals surface area contributed by atoms with Gasteiger partial charge in [0.15, 0.2) is 0 Å². The van der Waals surface area contributed by atoms with Gasteiger partial charge >= 0.3 is 5.97 Å². The molecule has 2 aromatic rings. The van der Waals surface area contributed by atoms with Gasteiger partial charge in [-0.1, -0.05) is 58.4 Å². The second-order valence-corrected chi connectivity index (χ2v) is 7.84. The molecular formula is C24H19BrN2O3. The van der Waals surface area contributed by atoms with E-state index < -0.39 is 0 Å². The van der Waals surface area contributed by atoms with Crippen LogP contribution in [0.15, 0.2) is 72.3 Å². The largest absolute Gasteiger partial charge is 0.485 e. The predicted molar refractivity (Wildman–Crippen MR) is 117 cm³/mol. The third-order valence-corrected chi connectivity index (χ3v) is 5.32. The zero-order valence-corrected chi connectivity index (χ0v) is 17.7. The third-order valence-electron chi connectivity index (χ3n) is 4.55. The van der Waals surface area contributed by atoms with E-state index >= 15 is 0 Å². The SMILES string of the molecule is N#CC(C#N)=C1CC(/C=C/C(Br)CCC(=O)Oc2ccccc2)Oc2ccccc21. The van der Waals surface area contributed by atoms with Crippen molar-refractivity contribution >= 4 is 27.5 Å². The number of alkyl halides is 1. The molecule has 2 atom stereocenters. The Morgan fingerprint density at radius 1 is 1.17 bits per heavy atom. The summed E-state index contributed by atoms with van der Waals surface area (Å²) in [6.45, 7) is 0. The van der Waals surface area contributed by atoms with Crippen LogP contribution in [0.25, 0.3) is 5.57 Å². The first-order valence-corrected chi connectivity index (χ1v) is 10.4. The zero-order valence-electron chi connectivity index (χ0n) is 16.1. The van der Waals surface area contributed by atoms with Gasteiger partial charge in [-0.2, -0.15) is 10.5 Å². The van der Waals surface area contributed by atoms with E-state index in [0.29, 0.717) is 29.9 Å². The van der Waals surface area contributed by atoms with Crippen molar-refractivity contribution in [1.29, 1.82) is 10.5 Å². The van der Waals surface area contributed by atoms with Gasteiger partial charge in [0.05, 0.1) is 0 Å². The summed E-state index contributed by atoms with van der Waals surface area (Å²) < 4.78 is 11.3. The Bertz CT molecular complexity index is 1030. The molecule has 0 aromatic heterocycles. The van der Waals surface area contributed by atoms with Crippen molar-refractivity contribution in [2.75, 3.05) is 0 Å². The van der Waals surface area contributed by atoms with Crippen LogP contribution in [0, 0.1) is 22.7 Å². The fraction of sp³-hybridized carbons (Fsp3) is 0.208. The van der Waals surface area contributed by atoms with E-state index in [1.165, 1.54) is 0 Å². The van der Waals surface area contributed by atoms with Crippen LogP contribution in [-0.4, -0.2) is 16.9 Å². The molecule has 0 aliphatic carbocycles. The Balaban J connectivity index is 1.60. The van der Waals surface area contributed by atoms with E-state index in [2.05, 4.69) is 15.9 Å². The summed E-state index contributed by atoms with van der Waals surface area (Å²) >= 11 is 3.55. The van der Waals surface area contributed by atoms with Gasteiger partial charge in [-0.25, -0.2) is 0 Å². The number of halogens is 1. The molecule has 2 unspecified atom stereocenters. The highest BCUT2D eigenvalue weighted by Crippen LogP contribution is 2.37. The van der Waals surface area contributed by atoms with Crippen molar-refractivity contribution in [2.24, 2.45) is 0 Å². The average molecular weight is 463 g/mol. The summed E-state index contributed by atoms with van der Waals surface area (Å²) in [5.41, 5.74) is 1.57. The summed E-state index contributed by atoms with van der Waals surface area (Å²) in [7, 11) is 0. The number of carbonyl (C=O) groups excluding carboxylic acids is 1. The molecule has 5 nitrogen and oxygen atoms in total. The number of allylic oxidation sites excluding steroid dienone is 2. The molecule has 2 aromatic carbocycles. The summed E-state index contributed by atoms with van der Waals surface area (Å²) in [5, 5.41) is 18.6. The number of hydrogen-bond donors (Lipinski definition) is 0. The number of benzene rings is 2. The number of fused-ring (bicyclic) bond motifs is 1. The van der Waals surface area contributed by atoms with E-state index in [1.807, 2.05) is 66.8 Å². The van der Waals surface area contributed by atoms with Gasteiger partial charge in [-0.05, 0) is 36.3 Å². The lowest BCUT2D eigenvalue weighted by atomic mass is 9.92. The van der Waals surface area contributed by atoms with Gasteiger partial charge < -0.3 is 9.47 Å². The Labute approximate surface area is 184 Å². The quantitative estimate of drug-likeness (QED) is 0.190. The highest BCUT2D eigenvalue weighted by atomic mass is 79.9. The minimum absolute atomic E-state index is 0.0413. The van der Waals surface area contributed by atoms with E-state index in [1.54, 1.807) is 12.1 Å². The van der Waals surface area contributed by atoms with Crippen molar-refractivity contribution in [3.63, 3.8) is 0 Å². The number of hydrogen-bond acceptors (Lipinski definition) is 5. The first kappa shape index (κ1) is 21.4. The van der Waals surface area contributed by atoms with Crippen LogP contribution < -0.4 is 9.47 Å². The number of ether oxygens (including phenoxy) is 2. The molecule has 0 amide bonds. The van der Waals surface area contributed by atoms with Crippen molar-refractivity contribution in [1.82, 2.24) is 0 Å². The van der Waals surface area contributed by atoms with Crippen LogP contribution in [-0.2, 0) is 4.79 Å². The summed E-state index contributed by atoms with van der Waals surface area (Å²) in [5.74, 6) is 0.886. The molecule has 0 N–H and O–H groups in total. The minimum atomic E-state index is -0.303. The first-order valence-electron chi connectivity index (χ1n) is 9.48. The highest BCUT2D eigenvalue weighted by Gasteiger charge is 2.24. The molecule has 0 saturated carbocycles. The Kier molecular flexibility index (Phi) is 7.43. The Morgan fingerprint density at radius 2 is 1.87 bits per heavy atom. The van der Waals surface area contributed by atoms with Gasteiger partial charge in [0.25, 0.3) is 0 Å². The summed E-state index contributed by atoms with van der Waals surface area (Å²) in [4.78, 5) is 11.9. The average Bonchev–Trinajstić information content (AvgIpc) is 2.77. The number of para-hydroxylation sites is 2. The first-order chi connectivity index (χ1) is 14.6. The van der Waals surface area contributed by atoms with E-state index in [9.17, 15) is 15.3 Å². The van der Waals surface area contributed by atoms with Gasteiger partial charge in [-0.15, -0.1) is 0 Å². The molecular weight excluding hydrogens is 444 g/mol. The fourth-order valence-electron chi connectivity index (χ4n) is 3.11. The molecule has 150 valence electrons. The lowest BCUT2D eigenvalue weighted by molar-refractivity contribution is -0.134. The highest BCUT2D eigenvalue weighted by molar-refractivity contribution is 9.09. The second kappa shape index (κ2) is 10.4. The Hall–Kier alpha value is -3.35. The van der Waals surface area contributed by atoms with Gasteiger partial charge in [0, 0.05) is 23.2 Å². The fourth-order valence-corrected chi connectivity index (χ4v) is 3.51. The maximum Gasteiger partial charge on any atom is 0.311 e. The van der Waals surface area contributed by atoms with Crippen molar-refractivity contribution < 1.29 is 14.3 Å². The molecule has 6 heteroatoms. The molecule has 1 heterocycles. The number of rotatable bonds is 6. The van der Waals surface area contributed by atoms with E-state index in [4.69, 9.17) is 9.47 Å². The standard InChI is InChI=1S/C24H19BrN2O3/c25-18(11-13-24(28)30-19-6-2-1-3-7-19)10-12-20-14-22(17(15-26)16-27)21-8-4-5-9-23(21)29-20/h1-10,12,18,20H,11,13-14H2/b12-10+. The lowest BCUT2D eigenvalue weighted by Gasteiger charge is -2.26. The van der Waals surface area contributed by atoms with Gasteiger partial charge in [0.2, 0.25) is 0 Å². The van der Waals surface area contributed by atoms with Crippen LogP contribution in [0.4, 0.5) is 0 Å². The topological polar surface area (TPSA) is 83.1 Å². The maximum absolute atomic E-state index is 12.0. The molecule has 0 saturated heterocycles. The Morgan fingerprint density at radius 3 is 2.60 bits per heavy atom. The van der Waals surface area contributed by atoms with Crippen LogP contribution >= 0.6 is 15.9 Å². The van der Waals surface area contributed by atoms with Crippen molar-refractivity contribution in [3.8, 4) is 23.6 Å². The van der Waals surface area contributed by atoms with Crippen molar-refractivity contribution in [2.45, 2.75) is 30.2 Å². The summed E-state index contributed by atoms with van der Waals surface area (Å²) in [6, 6.07) is 20.3. The van der Waals surface area contributed by atoms with Crippen LogP contribution in [0.3, 0.4) is 0 Å². The number of carbonyl (C=O) groups is 1. The zero-order chi connectivity index (χ0) is 21.3. The predicted octanol–water partition coefficient (Wildman–Crippen LogP) is 5.34. The van der Waals surface area contributed by atoms with Crippen LogP contribution in [0.2, 0.25) is 0 Å². The van der Waals surface area contributed by atoms with Gasteiger partial charge in [0.1, 0.15) is 35.3 Å². The number of nitriles is 2. The lowest BCUT2D eigenvalue weighted by Crippen LogP contribution is -2.21. The van der Waals surface area contributed by atoms with Crippen LogP contribution in [0.1, 0.15) is 24.8 Å². The second-order valence-electron chi connectivity index (χ2n) is 6.66.